The van der Waals surface area contributed by atoms with Gasteiger partial charge in [-0.1, -0.05) is 6.07 Å². The van der Waals surface area contributed by atoms with Crippen LogP contribution in [0.15, 0.2) is 18.2 Å². The van der Waals surface area contributed by atoms with Gasteiger partial charge in [0.2, 0.25) is 0 Å². The zero-order valence-electron chi connectivity index (χ0n) is 10.9. The SMILES string of the molecule is Cc1ccc(C(=O)N(C)C2CCNCC2)c(F)c1. The van der Waals surface area contributed by atoms with Crippen molar-refractivity contribution in [3.05, 3.63) is 35.1 Å². The minimum Gasteiger partial charge on any atom is -0.339 e. The fourth-order valence-corrected chi connectivity index (χ4v) is 2.34. The molecule has 1 aliphatic rings. The summed E-state index contributed by atoms with van der Waals surface area (Å²) in [5, 5.41) is 3.26. The zero-order chi connectivity index (χ0) is 13.1. The summed E-state index contributed by atoms with van der Waals surface area (Å²) in [6.07, 6.45) is 1.85. The monoisotopic (exact) mass is 250 g/mol. The maximum atomic E-state index is 13.8. The number of rotatable bonds is 2. The Morgan fingerprint density at radius 1 is 1.39 bits per heavy atom. The lowest BCUT2D eigenvalue weighted by Gasteiger charge is -2.31. The predicted molar refractivity (Wildman–Crippen MR) is 69.1 cm³/mol. The van der Waals surface area contributed by atoms with Crippen LogP contribution in [0.5, 0.6) is 0 Å². The topological polar surface area (TPSA) is 32.3 Å². The normalized spacial score (nSPS) is 16.6. The van der Waals surface area contributed by atoms with E-state index in [0.717, 1.165) is 31.5 Å². The van der Waals surface area contributed by atoms with E-state index in [4.69, 9.17) is 0 Å². The molecule has 0 aromatic heterocycles. The summed E-state index contributed by atoms with van der Waals surface area (Å²) < 4.78 is 13.8. The average Bonchev–Trinajstić information content (AvgIpc) is 2.38. The maximum absolute atomic E-state index is 13.8. The molecule has 2 rings (SSSR count). The van der Waals surface area contributed by atoms with Crippen molar-refractivity contribution in [1.29, 1.82) is 0 Å². The minimum absolute atomic E-state index is 0.168. The molecule has 3 nitrogen and oxygen atoms in total. The number of aryl methyl sites for hydroxylation is 1. The van der Waals surface area contributed by atoms with Gasteiger partial charge in [0.1, 0.15) is 5.82 Å². The Morgan fingerprint density at radius 2 is 2.06 bits per heavy atom. The highest BCUT2D eigenvalue weighted by Gasteiger charge is 2.24. The van der Waals surface area contributed by atoms with Crippen LogP contribution in [0.25, 0.3) is 0 Å². The van der Waals surface area contributed by atoms with E-state index in [0.29, 0.717) is 0 Å². The quantitative estimate of drug-likeness (QED) is 0.870. The Balaban J connectivity index is 2.14. The summed E-state index contributed by atoms with van der Waals surface area (Å²) in [6, 6.07) is 4.96. The molecule has 1 fully saturated rings. The molecule has 98 valence electrons. The third kappa shape index (κ3) is 2.70. The lowest BCUT2D eigenvalue weighted by molar-refractivity contribution is 0.0698. The highest BCUT2D eigenvalue weighted by atomic mass is 19.1. The molecule has 0 spiro atoms. The van der Waals surface area contributed by atoms with Gasteiger partial charge >= 0.3 is 0 Å². The zero-order valence-corrected chi connectivity index (χ0v) is 10.9. The molecular weight excluding hydrogens is 231 g/mol. The first-order valence-corrected chi connectivity index (χ1v) is 6.33. The summed E-state index contributed by atoms with van der Waals surface area (Å²) in [7, 11) is 1.76. The third-order valence-corrected chi connectivity index (χ3v) is 3.53. The van der Waals surface area contributed by atoms with Gasteiger partial charge in [-0.2, -0.15) is 0 Å². The molecule has 0 aliphatic carbocycles. The van der Waals surface area contributed by atoms with Gasteiger partial charge in [-0.05, 0) is 50.6 Å². The second-order valence-electron chi connectivity index (χ2n) is 4.88. The van der Waals surface area contributed by atoms with Gasteiger partial charge in [0.05, 0.1) is 5.56 Å². The second-order valence-corrected chi connectivity index (χ2v) is 4.88. The van der Waals surface area contributed by atoms with Crippen LogP contribution in [0, 0.1) is 12.7 Å². The van der Waals surface area contributed by atoms with Gasteiger partial charge in [0.15, 0.2) is 0 Å². The lowest BCUT2D eigenvalue weighted by Crippen LogP contribution is -2.44. The van der Waals surface area contributed by atoms with Gasteiger partial charge in [-0.25, -0.2) is 4.39 Å². The summed E-state index contributed by atoms with van der Waals surface area (Å²) in [6.45, 7) is 3.64. The Morgan fingerprint density at radius 3 is 2.67 bits per heavy atom. The fraction of sp³-hybridized carbons (Fsp3) is 0.500. The largest absolute Gasteiger partial charge is 0.339 e. The number of piperidine rings is 1. The molecule has 1 saturated heterocycles. The van der Waals surface area contributed by atoms with Crippen molar-refractivity contribution in [1.82, 2.24) is 10.2 Å². The molecule has 1 amide bonds. The van der Waals surface area contributed by atoms with Crippen molar-refractivity contribution < 1.29 is 9.18 Å². The molecule has 1 heterocycles. The molecule has 0 unspecified atom stereocenters. The van der Waals surface area contributed by atoms with Crippen LogP contribution < -0.4 is 5.32 Å². The lowest BCUT2D eigenvalue weighted by atomic mass is 10.0. The smallest absolute Gasteiger partial charge is 0.256 e. The van der Waals surface area contributed by atoms with E-state index in [9.17, 15) is 9.18 Å². The molecule has 0 radical (unpaired) electrons. The van der Waals surface area contributed by atoms with Crippen LogP contribution in [0.2, 0.25) is 0 Å². The predicted octanol–water partition coefficient (Wildman–Crippen LogP) is 1.96. The number of hydrogen-bond acceptors (Lipinski definition) is 2. The molecule has 1 aromatic carbocycles. The maximum Gasteiger partial charge on any atom is 0.256 e. The van der Waals surface area contributed by atoms with E-state index in [2.05, 4.69) is 5.32 Å². The molecule has 0 bridgehead atoms. The first-order chi connectivity index (χ1) is 8.59. The Hall–Kier alpha value is -1.42. The van der Waals surface area contributed by atoms with Gasteiger partial charge < -0.3 is 10.2 Å². The minimum atomic E-state index is -0.430. The van der Waals surface area contributed by atoms with E-state index >= 15 is 0 Å². The summed E-state index contributed by atoms with van der Waals surface area (Å²) in [4.78, 5) is 13.9. The average molecular weight is 250 g/mol. The highest BCUT2D eigenvalue weighted by molar-refractivity contribution is 5.94. The van der Waals surface area contributed by atoms with Crippen molar-refractivity contribution in [3.63, 3.8) is 0 Å². The summed E-state index contributed by atoms with van der Waals surface area (Å²) >= 11 is 0. The number of nitrogens with one attached hydrogen (secondary N) is 1. The van der Waals surface area contributed by atoms with Crippen molar-refractivity contribution in [2.75, 3.05) is 20.1 Å². The van der Waals surface area contributed by atoms with E-state index in [1.165, 1.54) is 6.07 Å². The number of carbonyl (C=O) groups is 1. The van der Waals surface area contributed by atoms with E-state index in [-0.39, 0.29) is 17.5 Å². The standard InChI is InChI=1S/C14H19FN2O/c1-10-3-4-12(13(15)9-10)14(18)17(2)11-5-7-16-8-6-11/h3-4,9,11,16H,5-8H2,1-2H3. The number of nitrogens with zero attached hydrogens (tertiary/aromatic N) is 1. The van der Waals surface area contributed by atoms with Crippen LogP contribution in [0.4, 0.5) is 4.39 Å². The second kappa shape index (κ2) is 5.48. The molecular formula is C14H19FN2O. The Bertz CT molecular complexity index is 441. The highest BCUT2D eigenvalue weighted by Crippen LogP contribution is 2.16. The van der Waals surface area contributed by atoms with Crippen LogP contribution in [-0.4, -0.2) is 37.0 Å². The molecule has 0 saturated carbocycles. The molecule has 1 N–H and O–H groups in total. The van der Waals surface area contributed by atoms with Gasteiger partial charge in [0, 0.05) is 13.1 Å². The van der Waals surface area contributed by atoms with Gasteiger partial charge in [-0.3, -0.25) is 4.79 Å². The van der Waals surface area contributed by atoms with Crippen molar-refractivity contribution >= 4 is 5.91 Å². The van der Waals surface area contributed by atoms with Gasteiger partial charge in [0.25, 0.3) is 5.91 Å². The Labute approximate surface area is 107 Å². The van der Waals surface area contributed by atoms with Crippen molar-refractivity contribution in [2.45, 2.75) is 25.8 Å². The first kappa shape index (κ1) is 13.0. The number of halogens is 1. The number of carbonyl (C=O) groups excluding carboxylic acids is 1. The Kier molecular flexibility index (Phi) is 3.97. The molecule has 18 heavy (non-hydrogen) atoms. The molecule has 0 atom stereocenters. The molecule has 1 aliphatic heterocycles. The van der Waals surface area contributed by atoms with Crippen LogP contribution in [0.3, 0.4) is 0 Å². The summed E-state index contributed by atoms with van der Waals surface area (Å²) in [5.74, 6) is -0.653. The molecule has 4 heteroatoms. The van der Waals surface area contributed by atoms with Gasteiger partial charge in [-0.15, -0.1) is 0 Å². The molecule has 1 aromatic rings. The van der Waals surface area contributed by atoms with Crippen LogP contribution >= 0.6 is 0 Å². The van der Waals surface area contributed by atoms with E-state index in [1.54, 1.807) is 24.1 Å². The number of hydrogen-bond donors (Lipinski definition) is 1. The fourth-order valence-electron chi connectivity index (χ4n) is 2.34. The third-order valence-electron chi connectivity index (χ3n) is 3.53. The first-order valence-electron chi connectivity index (χ1n) is 6.33. The van der Waals surface area contributed by atoms with E-state index in [1.807, 2.05) is 6.92 Å². The number of benzene rings is 1. The van der Waals surface area contributed by atoms with Crippen LogP contribution in [0.1, 0.15) is 28.8 Å². The summed E-state index contributed by atoms with van der Waals surface area (Å²) in [5.41, 5.74) is 0.996. The van der Waals surface area contributed by atoms with Crippen molar-refractivity contribution in [3.8, 4) is 0 Å². The van der Waals surface area contributed by atoms with Crippen LogP contribution in [-0.2, 0) is 0 Å². The van der Waals surface area contributed by atoms with Crippen molar-refractivity contribution in [2.24, 2.45) is 0 Å². The number of amides is 1. The van der Waals surface area contributed by atoms with E-state index < -0.39 is 5.82 Å².